The van der Waals surface area contributed by atoms with Crippen LogP contribution in [0.3, 0.4) is 0 Å². The molecule has 0 radical (unpaired) electrons. The molecule has 0 amide bonds. The number of halogens is 1. The number of nitrogens with zero attached hydrogens (tertiary/aromatic N) is 1. The first-order chi connectivity index (χ1) is 8.79. The summed E-state index contributed by atoms with van der Waals surface area (Å²) in [7, 11) is 0. The second kappa shape index (κ2) is 9.16. The fourth-order valence-corrected chi connectivity index (χ4v) is 2.74. The van der Waals surface area contributed by atoms with E-state index in [1.54, 1.807) is 0 Å². The van der Waals surface area contributed by atoms with Crippen molar-refractivity contribution in [2.24, 2.45) is 0 Å². The zero-order valence-corrected chi connectivity index (χ0v) is 12.7. The Morgan fingerprint density at radius 3 is 2.44 bits per heavy atom. The molecule has 0 aliphatic carbocycles. The highest BCUT2D eigenvalue weighted by atomic mass is 79.9. The van der Waals surface area contributed by atoms with Crippen LogP contribution in [0.1, 0.15) is 63.4 Å². The van der Waals surface area contributed by atoms with E-state index in [1.165, 1.54) is 32.1 Å². The molecule has 0 fully saturated rings. The van der Waals surface area contributed by atoms with Crippen molar-refractivity contribution in [3.8, 4) is 6.07 Å². The highest BCUT2D eigenvalue weighted by molar-refractivity contribution is 9.10. The van der Waals surface area contributed by atoms with Crippen LogP contribution in [0.2, 0.25) is 0 Å². The molecule has 0 aliphatic rings. The van der Waals surface area contributed by atoms with Crippen LogP contribution < -0.4 is 0 Å². The molecule has 1 atom stereocenters. The van der Waals surface area contributed by atoms with Crippen molar-refractivity contribution in [2.45, 2.75) is 57.8 Å². The van der Waals surface area contributed by atoms with Crippen molar-refractivity contribution in [3.63, 3.8) is 0 Å². The number of rotatable bonds is 8. The summed E-state index contributed by atoms with van der Waals surface area (Å²) < 4.78 is 1.06. The number of unbranched alkanes of at least 4 members (excludes halogenated alkanes) is 5. The van der Waals surface area contributed by atoms with Gasteiger partial charge in [-0.15, -0.1) is 0 Å². The normalized spacial score (nSPS) is 12.1. The number of hydrogen-bond donors (Lipinski definition) is 0. The zero-order chi connectivity index (χ0) is 13.2. The minimum Gasteiger partial charge on any atom is -0.198 e. The Bertz CT molecular complexity index is 381. The van der Waals surface area contributed by atoms with Crippen LogP contribution in [-0.4, -0.2) is 0 Å². The van der Waals surface area contributed by atoms with E-state index >= 15 is 0 Å². The van der Waals surface area contributed by atoms with Gasteiger partial charge in [-0.25, -0.2) is 0 Å². The van der Waals surface area contributed by atoms with Crippen LogP contribution in [0, 0.1) is 11.3 Å². The third-order valence-electron chi connectivity index (χ3n) is 3.28. The number of benzene rings is 1. The van der Waals surface area contributed by atoms with Crippen molar-refractivity contribution >= 4 is 15.9 Å². The van der Waals surface area contributed by atoms with Gasteiger partial charge in [-0.05, 0) is 18.1 Å². The van der Waals surface area contributed by atoms with Crippen molar-refractivity contribution in [1.29, 1.82) is 5.26 Å². The predicted molar refractivity (Wildman–Crippen MR) is 80.5 cm³/mol. The molecule has 0 aromatic heterocycles. The van der Waals surface area contributed by atoms with Gasteiger partial charge < -0.3 is 0 Å². The van der Waals surface area contributed by atoms with Crippen molar-refractivity contribution in [3.05, 3.63) is 34.3 Å². The Labute approximate surface area is 119 Å². The van der Waals surface area contributed by atoms with Crippen molar-refractivity contribution in [1.82, 2.24) is 0 Å². The SMILES string of the molecule is CCCCCCCC[C@H](C#N)c1ccccc1Br. The highest BCUT2D eigenvalue weighted by Gasteiger charge is 2.12. The summed E-state index contributed by atoms with van der Waals surface area (Å²) in [6.07, 6.45) is 8.66. The predicted octanol–water partition coefficient (Wildman–Crippen LogP) is 5.81. The van der Waals surface area contributed by atoms with E-state index in [0.717, 1.165) is 22.9 Å². The van der Waals surface area contributed by atoms with Crippen molar-refractivity contribution in [2.75, 3.05) is 0 Å². The Hall–Kier alpha value is -0.810. The van der Waals surface area contributed by atoms with E-state index in [2.05, 4.69) is 35.0 Å². The molecule has 0 bridgehead atoms. The molecule has 0 N–H and O–H groups in total. The second-order valence-corrected chi connectivity index (χ2v) is 5.61. The molecule has 0 unspecified atom stereocenters. The Kier molecular flexibility index (Phi) is 7.76. The maximum absolute atomic E-state index is 9.27. The molecule has 0 heterocycles. The highest BCUT2D eigenvalue weighted by Crippen LogP contribution is 2.28. The minimum atomic E-state index is 0.0340. The topological polar surface area (TPSA) is 23.8 Å². The summed E-state index contributed by atoms with van der Waals surface area (Å²) in [4.78, 5) is 0. The summed E-state index contributed by atoms with van der Waals surface area (Å²) in [5, 5.41) is 9.27. The fraction of sp³-hybridized carbons (Fsp3) is 0.562. The Morgan fingerprint density at radius 2 is 1.78 bits per heavy atom. The molecular weight excluding hydrogens is 286 g/mol. The van der Waals surface area contributed by atoms with Gasteiger partial charge in [0.15, 0.2) is 0 Å². The Balaban J connectivity index is 2.35. The van der Waals surface area contributed by atoms with Gasteiger partial charge in [0.25, 0.3) is 0 Å². The lowest BCUT2D eigenvalue weighted by atomic mass is 9.94. The summed E-state index contributed by atoms with van der Waals surface area (Å²) >= 11 is 3.53. The van der Waals surface area contributed by atoms with Crippen molar-refractivity contribution < 1.29 is 0 Å². The lowest BCUT2D eigenvalue weighted by Gasteiger charge is -2.11. The average molecular weight is 308 g/mol. The largest absolute Gasteiger partial charge is 0.198 e. The maximum atomic E-state index is 9.27. The van der Waals surface area contributed by atoms with Gasteiger partial charge >= 0.3 is 0 Å². The quantitative estimate of drug-likeness (QED) is 0.556. The fourth-order valence-electron chi connectivity index (χ4n) is 2.18. The van der Waals surface area contributed by atoms with Crippen LogP contribution >= 0.6 is 15.9 Å². The van der Waals surface area contributed by atoms with E-state index in [-0.39, 0.29) is 5.92 Å². The molecule has 18 heavy (non-hydrogen) atoms. The van der Waals surface area contributed by atoms with Gasteiger partial charge in [0, 0.05) is 4.47 Å². The number of hydrogen-bond acceptors (Lipinski definition) is 1. The lowest BCUT2D eigenvalue weighted by molar-refractivity contribution is 0.575. The molecule has 1 nitrogen and oxygen atoms in total. The van der Waals surface area contributed by atoms with Gasteiger partial charge in [-0.1, -0.05) is 79.6 Å². The molecule has 2 heteroatoms. The van der Waals surface area contributed by atoms with Crippen LogP contribution in [0.25, 0.3) is 0 Å². The summed E-state index contributed by atoms with van der Waals surface area (Å²) in [5.74, 6) is 0.0340. The van der Waals surface area contributed by atoms with Gasteiger partial charge in [0.1, 0.15) is 0 Å². The van der Waals surface area contributed by atoms with E-state index in [1.807, 2.05) is 18.2 Å². The maximum Gasteiger partial charge on any atom is 0.0723 e. The average Bonchev–Trinajstić information content (AvgIpc) is 2.39. The molecule has 98 valence electrons. The van der Waals surface area contributed by atoms with Crippen LogP contribution in [0.4, 0.5) is 0 Å². The van der Waals surface area contributed by atoms with E-state index < -0.39 is 0 Å². The Morgan fingerprint density at radius 1 is 1.11 bits per heavy atom. The van der Waals surface area contributed by atoms with E-state index in [4.69, 9.17) is 0 Å². The van der Waals surface area contributed by atoms with Crippen LogP contribution in [0.5, 0.6) is 0 Å². The van der Waals surface area contributed by atoms with E-state index in [0.29, 0.717) is 0 Å². The monoisotopic (exact) mass is 307 g/mol. The molecule has 1 rings (SSSR count). The number of nitriles is 1. The van der Waals surface area contributed by atoms with Gasteiger partial charge in [0.2, 0.25) is 0 Å². The van der Waals surface area contributed by atoms with Gasteiger partial charge in [0.05, 0.1) is 12.0 Å². The molecule has 0 aliphatic heterocycles. The van der Waals surface area contributed by atoms with E-state index in [9.17, 15) is 5.26 Å². The summed E-state index contributed by atoms with van der Waals surface area (Å²) in [6, 6.07) is 10.5. The standard InChI is InChI=1S/C16H22BrN/c1-2-3-4-5-6-7-10-14(13-18)15-11-8-9-12-16(15)17/h8-9,11-12,14H,2-7,10H2,1H3/t14-/m1/s1. The molecule has 0 spiro atoms. The van der Waals surface area contributed by atoms with Gasteiger partial charge in [-0.3, -0.25) is 0 Å². The summed E-state index contributed by atoms with van der Waals surface area (Å²) in [5.41, 5.74) is 1.13. The first-order valence-corrected chi connectivity index (χ1v) is 7.73. The zero-order valence-electron chi connectivity index (χ0n) is 11.2. The molecule has 0 saturated carbocycles. The lowest BCUT2D eigenvalue weighted by Crippen LogP contribution is -1.97. The minimum absolute atomic E-state index is 0.0340. The molecule has 1 aromatic rings. The third kappa shape index (κ3) is 5.23. The van der Waals surface area contributed by atoms with Crippen LogP contribution in [0.15, 0.2) is 28.7 Å². The molecule has 1 aromatic carbocycles. The first-order valence-electron chi connectivity index (χ1n) is 6.93. The second-order valence-electron chi connectivity index (χ2n) is 4.76. The van der Waals surface area contributed by atoms with Crippen LogP contribution in [-0.2, 0) is 0 Å². The summed E-state index contributed by atoms with van der Waals surface area (Å²) in [6.45, 7) is 2.23. The van der Waals surface area contributed by atoms with Gasteiger partial charge in [-0.2, -0.15) is 5.26 Å². The molecule has 0 saturated heterocycles. The molecular formula is C16H22BrN. The third-order valence-corrected chi connectivity index (χ3v) is 4.00. The first kappa shape index (κ1) is 15.2. The smallest absolute Gasteiger partial charge is 0.0723 e.